The minimum atomic E-state index is -3.21. The Labute approximate surface area is 25.8 Å². The van der Waals surface area contributed by atoms with Crippen LogP contribution in [-0.4, -0.2) is 0 Å². The molecular formula is NiO3. The zero-order chi connectivity index (χ0) is 3.58. The molecule has 0 spiro atoms. The van der Waals surface area contributed by atoms with Crippen molar-refractivity contribution in [2.24, 2.45) is 0 Å². The summed E-state index contributed by atoms with van der Waals surface area (Å²) in [4.78, 5) is 0. The van der Waals surface area contributed by atoms with E-state index in [-0.39, 0.29) is 0 Å². The third kappa shape index (κ3) is 133. The molecule has 0 amide bonds. The summed E-state index contributed by atoms with van der Waals surface area (Å²) in [6.45, 7) is 0. The molecule has 0 heterocycles. The van der Waals surface area contributed by atoms with Crippen LogP contribution in [0.4, 0.5) is 0 Å². The van der Waals surface area contributed by atoms with E-state index in [1.807, 2.05) is 0 Å². The summed E-state index contributed by atoms with van der Waals surface area (Å²) in [6, 6.07) is 0. The number of hydrogen-bond acceptors (Lipinski definition) is 3. The van der Waals surface area contributed by atoms with E-state index in [2.05, 4.69) is 0 Å². The molecule has 0 aliphatic carbocycles. The van der Waals surface area contributed by atoms with Gasteiger partial charge in [-0.3, -0.25) is 0 Å². The van der Waals surface area contributed by atoms with Crippen LogP contribution >= 0.6 is 0 Å². The molecule has 4 heavy (non-hydrogen) atoms. The molecular weight excluding hydrogens is 107 g/mol. The van der Waals surface area contributed by atoms with Gasteiger partial charge in [0.1, 0.15) is 0 Å². The first kappa shape index (κ1) is 3.89. The van der Waals surface area contributed by atoms with Crippen molar-refractivity contribution in [3.8, 4) is 0 Å². The van der Waals surface area contributed by atoms with Gasteiger partial charge in [0.25, 0.3) is 0 Å². The summed E-state index contributed by atoms with van der Waals surface area (Å²) in [5.41, 5.74) is 0. The van der Waals surface area contributed by atoms with Crippen molar-refractivity contribution in [3.63, 3.8) is 0 Å². The number of rotatable bonds is 0. The second kappa shape index (κ2) is 1.24. The average molecular weight is 107 g/mol. The van der Waals surface area contributed by atoms with Crippen LogP contribution in [0.2, 0.25) is 0 Å². The van der Waals surface area contributed by atoms with Crippen molar-refractivity contribution in [2.45, 2.75) is 0 Å². The summed E-state index contributed by atoms with van der Waals surface area (Å²) in [5.74, 6) is 0. The van der Waals surface area contributed by atoms with Gasteiger partial charge >= 0.3 is 24.9 Å². The Morgan fingerprint density at radius 3 is 1.00 bits per heavy atom. The first-order chi connectivity index (χ1) is 1.73. The standard InChI is InChI=1S/Ni.3O. The number of hydrogen-bond donors (Lipinski definition) is 0. The van der Waals surface area contributed by atoms with Gasteiger partial charge in [0.15, 0.2) is 0 Å². The maximum atomic E-state index is 8.46. The summed E-state index contributed by atoms with van der Waals surface area (Å²) < 4.78 is 25.4. The van der Waals surface area contributed by atoms with Gasteiger partial charge in [-0.1, -0.05) is 0 Å². The Morgan fingerprint density at radius 2 is 1.00 bits per heavy atom. The van der Waals surface area contributed by atoms with Crippen molar-refractivity contribution >= 4 is 0 Å². The van der Waals surface area contributed by atoms with Gasteiger partial charge in [-0.25, -0.2) is 0 Å². The predicted molar refractivity (Wildman–Crippen MR) is 2.06 cm³/mol. The second-order valence-electron chi connectivity index (χ2n) is 0.158. The molecule has 0 aromatic carbocycles. The van der Waals surface area contributed by atoms with Crippen molar-refractivity contribution in [3.05, 3.63) is 0 Å². The molecule has 0 unspecified atom stereocenters. The van der Waals surface area contributed by atoms with Crippen LogP contribution in [0.1, 0.15) is 0 Å². The molecule has 0 rings (SSSR count). The van der Waals surface area contributed by atoms with Crippen LogP contribution in [0.15, 0.2) is 0 Å². The van der Waals surface area contributed by atoms with Gasteiger partial charge in [0.05, 0.1) is 0 Å². The van der Waals surface area contributed by atoms with Gasteiger partial charge in [-0.05, 0) is 0 Å². The maximum absolute atomic E-state index is 8.46. The van der Waals surface area contributed by atoms with E-state index in [1.165, 1.54) is 0 Å². The van der Waals surface area contributed by atoms with Crippen LogP contribution in [0, 0.1) is 0 Å². The predicted octanol–water partition coefficient (Wildman–Crippen LogP) is -0.359. The Hall–Kier alpha value is -0.106. The van der Waals surface area contributed by atoms with E-state index in [0.717, 1.165) is 0 Å². The minimum absolute atomic E-state index is 3.21. The molecule has 0 radical (unpaired) electrons. The summed E-state index contributed by atoms with van der Waals surface area (Å²) >= 11 is -3.21. The molecule has 0 aromatic rings. The Morgan fingerprint density at radius 1 is 1.00 bits per heavy atom. The van der Waals surface area contributed by atoms with Crippen molar-refractivity contribution in [1.29, 1.82) is 0 Å². The van der Waals surface area contributed by atoms with Gasteiger partial charge in [0.2, 0.25) is 0 Å². The van der Waals surface area contributed by atoms with E-state index in [9.17, 15) is 0 Å². The normalized spacial score (nSPS) is 10.5. The molecule has 0 bridgehead atoms. The van der Waals surface area contributed by atoms with Gasteiger partial charge in [-0.2, -0.15) is 0 Å². The van der Waals surface area contributed by atoms with Crippen LogP contribution in [-0.2, 0) is 24.9 Å². The van der Waals surface area contributed by atoms with E-state index >= 15 is 0 Å². The van der Waals surface area contributed by atoms with E-state index in [4.69, 9.17) is 11.7 Å². The van der Waals surface area contributed by atoms with Crippen LogP contribution in [0.3, 0.4) is 0 Å². The molecule has 0 saturated heterocycles. The second-order valence-corrected chi connectivity index (χ2v) is 0.652. The molecule has 28 valence electrons. The summed E-state index contributed by atoms with van der Waals surface area (Å²) in [6.07, 6.45) is 0. The molecule has 3 nitrogen and oxygen atoms in total. The molecule has 0 N–H and O–H groups in total. The molecule has 0 aliphatic heterocycles. The summed E-state index contributed by atoms with van der Waals surface area (Å²) in [7, 11) is 0. The Kier molecular flexibility index (Phi) is 1.21. The SMILES string of the molecule is [O]=[Ni](=[O])=[O]. The van der Waals surface area contributed by atoms with Gasteiger partial charge < -0.3 is 0 Å². The first-order valence-corrected chi connectivity index (χ1v) is 1.60. The van der Waals surface area contributed by atoms with Crippen molar-refractivity contribution in [2.75, 3.05) is 0 Å². The fraction of sp³-hybridized carbons (Fsp3) is 0. The van der Waals surface area contributed by atoms with Gasteiger partial charge in [0, 0.05) is 0 Å². The van der Waals surface area contributed by atoms with E-state index in [0.29, 0.717) is 0 Å². The molecule has 0 atom stereocenters. The van der Waals surface area contributed by atoms with Crippen LogP contribution in [0.25, 0.3) is 0 Å². The Bertz CT molecular complexity index is 72.7. The van der Waals surface area contributed by atoms with Crippen LogP contribution in [0.5, 0.6) is 0 Å². The van der Waals surface area contributed by atoms with Crippen molar-refractivity contribution in [1.82, 2.24) is 0 Å². The van der Waals surface area contributed by atoms with Gasteiger partial charge in [-0.15, -0.1) is 0 Å². The van der Waals surface area contributed by atoms with E-state index < -0.39 is 13.2 Å². The van der Waals surface area contributed by atoms with Crippen LogP contribution < -0.4 is 0 Å². The third-order valence-corrected chi connectivity index (χ3v) is 0. The third-order valence-electron chi connectivity index (χ3n) is 0. The molecule has 0 aromatic heterocycles. The fourth-order valence-electron chi connectivity index (χ4n) is 0. The fourth-order valence-corrected chi connectivity index (χ4v) is 0. The quantitative estimate of drug-likeness (QED) is 0.397. The summed E-state index contributed by atoms with van der Waals surface area (Å²) in [5, 5.41) is 0. The molecule has 4 heteroatoms. The first-order valence-electron chi connectivity index (χ1n) is 0.387. The van der Waals surface area contributed by atoms with E-state index in [1.54, 1.807) is 0 Å². The zero-order valence-corrected chi connectivity index (χ0v) is 2.53. The Balaban J connectivity index is 4.65. The molecule has 0 aliphatic rings. The zero-order valence-electron chi connectivity index (χ0n) is 1.54. The van der Waals surface area contributed by atoms with Crippen molar-refractivity contribution < 1.29 is 24.9 Å². The molecule has 0 fully saturated rings. The monoisotopic (exact) mass is 106 g/mol. The average Bonchev–Trinajstić information content (AvgIpc) is 0.811. The molecule has 0 saturated carbocycles. The topological polar surface area (TPSA) is 51.2 Å².